The number of nitrogens with zero attached hydrogens (tertiary/aromatic N) is 2. The maximum absolute atomic E-state index is 11.9. The molecule has 118 valence electrons. The lowest BCUT2D eigenvalue weighted by Gasteiger charge is -2.13. The van der Waals surface area contributed by atoms with Gasteiger partial charge in [0.1, 0.15) is 6.61 Å². The van der Waals surface area contributed by atoms with Gasteiger partial charge in [-0.25, -0.2) is 9.78 Å². The Morgan fingerprint density at radius 2 is 2.14 bits per heavy atom. The van der Waals surface area contributed by atoms with Crippen LogP contribution in [-0.4, -0.2) is 35.3 Å². The van der Waals surface area contributed by atoms with Crippen LogP contribution in [0.15, 0.2) is 36.9 Å². The van der Waals surface area contributed by atoms with Gasteiger partial charge in [0.2, 0.25) is 0 Å². The van der Waals surface area contributed by atoms with Gasteiger partial charge in [-0.05, 0) is 32.0 Å². The summed E-state index contributed by atoms with van der Waals surface area (Å²) in [7, 11) is 1.54. The Morgan fingerprint density at radius 3 is 2.77 bits per heavy atom. The predicted molar refractivity (Wildman–Crippen MR) is 81.3 cm³/mol. The van der Waals surface area contributed by atoms with Gasteiger partial charge in [0.25, 0.3) is 0 Å². The van der Waals surface area contributed by atoms with Crippen molar-refractivity contribution in [1.29, 1.82) is 0 Å². The zero-order valence-electron chi connectivity index (χ0n) is 13.0. The third-order valence-corrected chi connectivity index (χ3v) is 2.91. The minimum Gasteiger partial charge on any atom is -0.493 e. The van der Waals surface area contributed by atoms with Crippen LogP contribution in [0, 0.1) is 0 Å². The van der Waals surface area contributed by atoms with Gasteiger partial charge in [-0.3, -0.25) is 0 Å². The number of carbonyl (C=O) groups excluding carboxylic acids is 1. The summed E-state index contributed by atoms with van der Waals surface area (Å²) in [4.78, 5) is 15.8. The Balaban J connectivity index is 2.00. The van der Waals surface area contributed by atoms with E-state index in [0.717, 1.165) is 0 Å². The highest BCUT2D eigenvalue weighted by Gasteiger charge is 2.13. The highest BCUT2D eigenvalue weighted by Crippen LogP contribution is 2.28. The first-order chi connectivity index (χ1) is 10.6. The Kier molecular flexibility index (Phi) is 5.41. The van der Waals surface area contributed by atoms with Crippen molar-refractivity contribution >= 4 is 5.97 Å². The maximum Gasteiger partial charge on any atom is 0.338 e. The van der Waals surface area contributed by atoms with Gasteiger partial charge in [-0.1, -0.05) is 0 Å². The number of rotatable bonds is 7. The van der Waals surface area contributed by atoms with Gasteiger partial charge in [0.15, 0.2) is 11.5 Å². The van der Waals surface area contributed by atoms with E-state index in [9.17, 15) is 4.79 Å². The molecule has 0 unspecified atom stereocenters. The first-order valence-electron chi connectivity index (χ1n) is 7.07. The number of methoxy groups -OCH3 is 1. The lowest BCUT2D eigenvalue weighted by molar-refractivity contribution is 0.0377. The molecule has 0 fully saturated rings. The van der Waals surface area contributed by atoms with E-state index in [4.69, 9.17) is 14.2 Å². The average molecular weight is 304 g/mol. The van der Waals surface area contributed by atoms with Crippen LogP contribution in [0.3, 0.4) is 0 Å². The number of hydrogen-bond donors (Lipinski definition) is 0. The molecule has 0 N–H and O–H groups in total. The summed E-state index contributed by atoms with van der Waals surface area (Å²) in [5, 5.41) is 0. The van der Waals surface area contributed by atoms with Gasteiger partial charge in [0, 0.05) is 12.4 Å². The molecule has 0 aliphatic rings. The predicted octanol–water partition coefficient (Wildman–Crippen LogP) is 2.54. The summed E-state index contributed by atoms with van der Waals surface area (Å²) in [5.41, 5.74) is 0.438. The molecular weight excluding hydrogens is 284 g/mol. The normalized spacial score (nSPS) is 10.5. The van der Waals surface area contributed by atoms with E-state index in [1.54, 1.807) is 30.7 Å². The number of hydrogen-bond acceptors (Lipinski definition) is 5. The number of carbonyl (C=O) groups is 1. The molecule has 0 amide bonds. The van der Waals surface area contributed by atoms with Crippen LogP contribution in [0.25, 0.3) is 0 Å². The molecule has 0 radical (unpaired) electrons. The molecule has 22 heavy (non-hydrogen) atoms. The molecule has 2 rings (SSSR count). The van der Waals surface area contributed by atoms with Gasteiger partial charge in [0.05, 0.1) is 31.6 Å². The molecule has 2 aromatic rings. The monoisotopic (exact) mass is 304 g/mol. The summed E-state index contributed by atoms with van der Waals surface area (Å²) in [5.74, 6) is 0.714. The van der Waals surface area contributed by atoms with Crippen LogP contribution in [0.4, 0.5) is 0 Å². The summed E-state index contributed by atoms with van der Waals surface area (Å²) < 4.78 is 18.0. The lowest BCUT2D eigenvalue weighted by atomic mass is 10.2. The first-order valence-corrected chi connectivity index (χ1v) is 7.07. The fourth-order valence-electron chi connectivity index (χ4n) is 1.88. The SMILES string of the molecule is COc1cc(C(=O)OC(C)C)ccc1OCCn1ccnc1. The number of aromatic nitrogens is 2. The highest BCUT2D eigenvalue weighted by atomic mass is 16.5. The van der Waals surface area contributed by atoms with Crippen molar-refractivity contribution in [2.75, 3.05) is 13.7 Å². The van der Waals surface area contributed by atoms with Crippen molar-refractivity contribution in [3.05, 3.63) is 42.5 Å². The molecule has 0 bridgehead atoms. The molecule has 0 saturated heterocycles. The quantitative estimate of drug-likeness (QED) is 0.736. The Morgan fingerprint density at radius 1 is 1.32 bits per heavy atom. The smallest absolute Gasteiger partial charge is 0.338 e. The topological polar surface area (TPSA) is 62.6 Å². The summed E-state index contributed by atoms with van der Waals surface area (Å²) in [6.45, 7) is 4.77. The molecule has 0 atom stereocenters. The second-order valence-corrected chi connectivity index (χ2v) is 4.97. The minimum atomic E-state index is -0.377. The molecule has 1 aromatic carbocycles. The van der Waals surface area contributed by atoms with Crippen molar-refractivity contribution in [3.63, 3.8) is 0 Å². The molecule has 1 aromatic heterocycles. The Labute approximate surface area is 129 Å². The number of esters is 1. The second-order valence-electron chi connectivity index (χ2n) is 4.97. The highest BCUT2D eigenvalue weighted by molar-refractivity contribution is 5.90. The van der Waals surface area contributed by atoms with Gasteiger partial charge >= 0.3 is 5.97 Å². The van der Waals surface area contributed by atoms with E-state index >= 15 is 0 Å². The summed E-state index contributed by atoms with van der Waals surface area (Å²) in [6, 6.07) is 5.00. The van der Waals surface area contributed by atoms with Gasteiger partial charge in [-0.2, -0.15) is 0 Å². The van der Waals surface area contributed by atoms with Crippen LogP contribution < -0.4 is 9.47 Å². The van der Waals surface area contributed by atoms with E-state index in [2.05, 4.69) is 4.98 Å². The van der Waals surface area contributed by atoms with Crippen molar-refractivity contribution < 1.29 is 19.0 Å². The van der Waals surface area contributed by atoms with Gasteiger partial charge < -0.3 is 18.8 Å². The van der Waals surface area contributed by atoms with Crippen molar-refractivity contribution in [1.82, 2.24) is 9.55 Å². The minimum absolute atomic E-state index is 0.162. The van der Waals surface area contributed by atoms with Crippen LogP contribution in [-0.2, 0) is 11.3 Å². The number of imidazole rings is 1. The molecule has 0 aliphatic carbocycles. The van der Waals surface area contributed by atoms with Crippen LogP contribution in [0.1, 0.15) is 24.2 Å². The molecule has 1 heterocycles. The van der Waals surface area contributed by atoms with E-state index in [1.165, 1.54) is 7.11 Å². The maximum atomic E-state index is 11.9. The van der Waals surface area contributed by atoms with Crippen molar-refractivity contribution in [2.24, 2.45) is 0 Å². The van der Waals surface area contributed by atoms with Crippen molar-refractivity contribution in [3.8, 4) is 11.5 Å². The molecule has 0 aliphatic heterocycles. The third-order valence-electron chi connectivity index (χ3n) is 2.91. The Bertz CT molecular complexity index is 609. The summed E-state index contributed by atoms with van der Waals surface area (Å²) in [6.07, 6.45) is 5.15. The molecule has 6 heteroatoms. The lowest BCUT2D eigenvalue weighted by Crippen LogP contribution is -2.12. The third kappa shape index (κ3) is 4.25. The number of benzene rings is 1. The fourth-order valence-corrected chi connectivity index (χ4v) is 1.88. The standard InChI is InChI=1S/C16H20N2O4/c1-12(2)22-16(19)13-4-5-14(15(10-13)20-3)21-9-8-18-7-6-17-11-18/h4-7,10-12H,8-9H2,1-3H3. The number of ether oxygens (including phenoxy) is 3. The van der Waals surface area contributed by atoms with E-state index < -0.39 is 0 Å². The molecule has 0 spiro atoms. The Hall–Kier alpha value is -2.50. The van der Waals surface area contributed by atoms with E-state index in [0.29, 0.717) is 30.2 Å². The van der Waals surface area contributed by atoms with Gasteiger partial charge in [-0.15, -0.1) is 0 Å². The van der Waals surface area contributed by atoms with Crippen molar-refractivity contribution in [2.45, 2.75) is 26.5 Å². The zero-order chi connectivity index (χ0) is 15.9. The summed E-state index contributed by atoms with van der Waals surface area (Å²) >= 11 is 0. The fraction of sp³-hybridized carbons (Fsp3) is 0.375. The molecule has 6 nitrogen and oxygen atoms in total. The van der Waals surface area contributed by atoms with E-state index in [-0.39, 0.29) is 12.1 Å². The second kappa shape index (κ2) is 7.49. The van der Waals surface area contributed by atoms with Crippen LogP contribution in [0.5, 0.6) is 11.5 Å². The largest absolute Gasteiger partial charge is 0.493 e. The van der Waals surface area contributed by atoms with Crippen LogP contribution >= 0.6 is 0 Å². The molecule has 0 saturated carbocycles. The van der Waals surface area contributed by atoms with Crippen LogP contribution in [0.2, 0.25) is 0 Å². The van der Waals surface area contributed by atoms with E-state index in [1.807, 2.05) is 24.6 Å². The molecular formula is C16H20N2O4. The zero-order valence-corrected chi connectivity index (χ0v) is 13.0. The first kappa shape index (κ1) is 15.9. The average Bonchev–Trinajstić information content (AvgIpc) is 3.00.